The molecule has 0 unspecified atom stereocenters. The van der Waals surface area contributed by atoms with Crippen molar-refractivity contribution in [2.75, 3.05) is 57.9 Å². The van der Waals surface area contributed by atoms with E-state index in [-0.39, 0.29) is 12.1 Å². The maximum atomic E-state index is 11.9. The van der Waals surface area contributed by atoms with Crippen molar-refractivity contribution in [3.8, 4) is 0 Å². The molecule has 0 atom stereocenters. The molecular formula is C14H21N5O3. The van der Waals surface area contributed by atoms with Gasteiger partial charge in [-0.3, -0.25) is 4.90 Å². The molecule has 0 saturated carbocycles. The fourth-order valence-electron chi connectivity index (χ4n) is 2.45. The van der Waals surface area contributed by atoms with E-state index in [0.29, 0.717) is 25.6 Å². The molecule has 3 rings (SSSR count). The van der Waals surface area contributed by atoms with Gasteiger partial charge in [-0.2, -0.15) is 0 Å². The number of rotatable bonds is 5. The maximum absolute atomic E-state index is 11.9. The van der Waals surface area contributed by atoms with Crippen molar-refractivity contribution < 1.29 is 14.3 Å². The lowest BCUT2D eigenvalue weighted by molar-refractivity contribution is 0.0216. The predicted octanol–water partition coefficient (Wildman–Crippen LogP) is 0.0415. The Morgan fingerprint density at radius 2 is 2.05 bits per heavy atom. The lowest BCUT2D eigenvalue weighted by Crippen LogP contribution is -2.57. The second kappa shape index (κ2) is 7.37. The van der Waals surface area contributed by atoms with Gasteiger partial charge in [-0.15, -0.1) is 0 Å². The molecule has 22 heavy (non-hydrogen) atoms. The topological polar surface area (TPSA) is 79.8 Å². The summed E-state index contributed by atoms with van der Waals surface area (Å²) >= 11 is 0. The summed E-state index contributed by atoms with van der Waals surface area (Å²) in [6.45, 7) is 5.76. The van der Waals surface area contributed by atoms with Crippen LogP contribution in [0.5, 0.6) is 0 Å². The normalized spacial score (nSPS) is 19.5. The van der Waals surface area contributed by atoms with Gasteiger partial charge in [0.15, 0.2) is 0 Å². The number of amides is 1. The molecule has 1 amide bonds. The highest BCUT2D eigenvalue weighted by Crippen LogP contribution is 2.13. The molecule has 0 bridgehead atoms. The fraction of sp³-hybridized carbons (Fsp3) is 0.643. The first-order valence-electron chi connectivity index (χ1n) is 7.56. The zero-order chi connectivity index (χ0) is 15.2. The zero-order valence-electron chi connectivity index (χ0n) is 12.5. The average Bonchev–Trinajstić information content (AvgIpc) is 2.52. The first-order chi connectivity index (χ1) is 10.8. The van der Waals surface area contributed by atoms with Gasteiger partial charge >= 0.3 is 6.09 Å². The largest absolute Gasteiger partial charge is 0.448 e. The molecule has 8 nitrogen and oxygen atoms in total. The molecule has 2 fully saturated rings. The first kappa shape index (κ1) is 15.0. The number of carbonyl (C=O) groups is 1. The summed E-state index contributed by atoms with van der Waals surface area (Å²) in [5.41, 5.74) is 0. The van der Waals surface area contributed by atoms with Gasteiger partial charge in [0.05, 0.1) is 19.3 Å². The monoisotopic (exact) mass is 307 g/mol. The minimum absolute atomic E-state index is 0.189. The highest BCUT2D eigenvalue weighted by molar-refractivity contribution is 5.69. The minimum Gasteiger partial charge on any atom is -0.448 e. The smallest absolute Gasteiger partial charge is 0.409 e. The molecule has 2 aliphatic heterocycles. The van der Waals surface area contributed by atoms with Crippen molar-refractivity contribution in [3.63, 3.8) is 0 Å². The van der Waals surface area contributed by atoms with Crippen LogP contribution in [0.15, 0.2) is 18.5 Å². The van der Waals surface area contributed by atoms with Crippen LogP contribution in [-0.2, 0) is 9.47 Å². The lowest BCUT2D eigenvalue weighted by atomic mass is 10.1. The highest BCUT2D eigenvalue weighted by Gasteiger charge is 2.32. The van der Waals surface area contributed by atoms with Crippen LogP contribution in [0, 0.1) is 0 Å². The third-order valence-corrected chi connectivity index (χ3v) is 3.78. The number of nitrogens with one attached hydrogen (secondary N) is 1. The highest BCUT2D eigenvalue weighted by atomic mass is 16.6. The summed E-state index contributed by atoms with van der Waals surface area (Å²) in [5, 5.41) is 3.18. The molecule has 3 heterocycles. The van der Waals surface area contributed by atoms with Crippen molar-refractivity contribution >= 4 is 12.0 Å². The Morgan fingerprint density at radius 1 is 1.32 bits per heavy atom. The van der Waals surface area contributed by atoms with Crippen molar-refractivity contribution in [2.24, 2.45) is 0 Å². The van der Waals surface area contributed by atoms with Crippen LogP contribution in [0.25, 0.3) is 0 Å². The van der Waals surface area contributed by atoms with Gasteiger partial charge in [0.2, 0.25) is 5.95 Å². The second-order valence-corrected chi connectivity index (χ2v) is 5.39. The van der Waals surface area contributed by atoms with E-state index >= 15 is 0 Å². The summed E-state index contributed by atoms with van der Waals surface area (Å²) in [6.07, 6.45) is 3.12. The van der Waals surface area contributed by atoms with E-state index < -0.39 is 0 Å². The standard InChI is InChI=1S/C14H21N5O3/c20-14(22-9-6-18-4-7-21-8-5-18)19-10-12(11-19)17-13-15-2-1-3-16-13/h1-3,12H,4-11H2,(H,15,16,17). The van der Waals surface area contributed by atoms with Gasteiger partial charge in [0.25, 0.3) is 0 Å². The van der Waals surface area contributed by atoms with E-state index in [1.54, 1.807) is 23.4 Å². The molecule has 0 aromatic carbocycles. The van der Waals surface area contributed by atoms with Gasteiger partial charge in [-0.25, -0.2) is 14.8 Å². The number of nitrogens with zero attached hydrogens (tertiary/aromatic N) is 4. The number of hydrogen-bond donors (Lipinski definition) is 1. The molecule has 2 saturated heterocycles. The number of anilines is 1. The van der Waals surface area contributed by atoms with Crippen LogP contribution in [0.4, 0.5) is 10.7 Å². The Kier molecular flexibility index (Phi) is 5.02. The third kappa shape index (κ3) is 4.05. The fourth-order valence-corrected chi connectivity index (χ4v) is 2.45. The van der Waals surface area contributed by atoms with Crippen molar-refractivity contribution in [2.45, 2.75) is 6.04 Å². The van der Waals surface area contributed by atoms with Crippen LogP contribution in [0.1, 0.15) is 0 Å². The summed E-state index contributed by atoms with van der Waals surface area (Å²) in [5.74, 6) is 0.591. The number of aromatic nitrogens is 2. The molecule has 1 aromatic heterocycles. The Morgan fingerprint density at radius 3 is 2.77 bits per heavy atom. The maximum Gasteiger partial charge on any atom is 0.409 e. The molecular weight excluding hydrogens is 286 g/mol. The predicted molar refractivity (Wildman–Crippen MR) is 79.6 cm³/mol. The average molecular weight is 307 g/mol. The van der Waals surface area contributed by atoms with Crippen LogP contribution in [0.2, 0.25) is 0 Å². The number of morpholine rings is 1. The summed E-state index contributed by atoms with van der Waals surface area (Å²) in [4.78, 5) is 24.0. The lowest BCUT2D eigenvalue weighted by Gasteiger charge is -2.38. The second-order valence-electron chi connectivity index (χ2n) is 5.39. The molecule has 0 spiro atoms. The molecule has 120 valence electrons. The van der Waals surface area contributed by atoms with Crippen molar-refractivity contribution in [1.29, 1.82) is 0 Å². The molecule has 1 N–H and O–H groups in total. The Hall–Kier alpha value is -1.93. The van der Waals surface area contributed by atoms with Crippen LogP contribution in [-0.4, -0.2) is 84.4 Å². The van der Waals surface area contributed by atoms with E-state index in [1.165, 1.54) is 0 Å². The number of carbonyl (C=O) groups excluding carboxylic acids is 1. The van der Waals surface area contributed by atoms with E-state index in [1.807, 2.05) is 0 Å². The van der Waals surface area contributed by atoms with Gasteiger partial charge in [-0.05, 0) is 6.07 Å². The minimum atomic E-state index is -0.250. The van der Waals surface area contributed by atoms with E-state index in [9.17, 15) is 4.79 Å². The zero-order valence-corrected chi connectivity index (χ0v) is 12.5. The van der Waals surface area contributed by atoms with Gasteiger partial charge in [-0.1, -0.05) is 0 Å². The molecule has 2 aliphatic rings. The van der Waals surface area contributed by atoms with E-state index in [2.05, 4.69) is 20.2 Å². The van der Waals surface area contributed by atoms with E-state index in [0.717, 1.165) is 32.8 Å². The third-order valence-electron chi connectivity index (χ3n) is 3.78. The number of likely N-dealkylation sites (tertiary alicyclic amines) is 1. The van der Waals surface area contributed by atoms with Crippen molar-refractivity contribution in [3.05, 3.63) is 18.5 Å². The van der Waals surface area contributed by atoms with Gasteiger partial charge in [0, 0.05) is 45.1 Å². The SMILES string of the molecule is O=C(OCCN1CCOCC1)N1CC(Nc2ncccn2)C1. The van der Waals surface area contributed by atoms with Crippen molar-refractivity contribution in [1.82, 2.24) is 19.8 Å². The summed E-state index contributed by atoms with van der Waals surface area (Å²) < 4.78 is 10.6. The quantitative estimate of drug-likeness (QED) is 0.823. The van der Waals surface area contributed by atoms with Crippen LogP contribution >= 0.6 is 0 Å². The molecule has 8 heteroatoms. The molecule has 1 aromatic rings. The number of ether oxygens (including phenoxy) is 2. The Labute approximate surface area is 129 Å². The molecule has 0 radical (unpaired) electrons. The van der Waals surface area contributed by atoms with Gasteiger partial charge < -0.3 is 19.7 Å². The van der Waals surface area contributed by atoms with Crippen LogP contribution in [0.3, 0.4) is 0 Å². The van der Waals surface area contributed by atoms with Gasteiger partial charge in [0.1, 0.15) is 6.61 Å². The molecule has 0 aliphatic carbocycles. The van der Waals surface area contributed by atoms with Crippen LogP contribution < -0.4 is 5.32 Å². The Balaban J connectivity index is 1.30. The Bertz CT molecular complexity index is 475. The summed E-state index contributed by atoms with van der Waals surface area (Å²) in [7, 11) is 0. The van der Waals surface area contributed by atoms with E-state index in [4.69, 9.17) is 9.47 Å². The summed E-state index contributed by atoms with van der Waals surface area (Å²) in [6, 6.07) is 1.96. The number of hydrogen-bond acceptors (Lipinski definition) is 7. The first-order valence-corrected chi connectivity index (χ1v) is 7.56.